The molecule has 0 bridgehead atoms. The lowest BCUT2D eigenvalue weighted by atomic mass is 9.98. The van der Waals surface area contributed by atoms with Gasteiger partial charge in [0.15, 0.2) is 0 Å². The van der Waals surface area contributed by atoms with Gasteiger partial charge in [0.2, 0.25) is 5.88 Å². The van der Waals surface area contributed by atoms with Crippen LogP contribution in [0.3, 0.4) is 0 Å². The van der Waals surface area contributed by atoms with Gasteiger partial charge in [-0.2, -0.15) is 0 Å². The number of hydrogen-bond acceptors (Lipinski definition) is 5. The van der Waals surface area contributed by atoms with Crippen LogP contribution in [0.4, 0.5) is 10.7 Å². The third-order valence-electron chi connectivity index (χ3n) is 5.46. The minimum atomic E-state index is -0.330. The fraction of sp³-hybridized carbons (Fsp3) is 0.238. The molecule has 3 aromatic rings. The van der Waals surface area contributed by atoms with Gasteiger partial charge in [-0.3, -0.25) is 0 Å². The van der Waals surface area contributed by atoms with Crippen molar-refractivity contribution in [2.75, 3.05) is 18.9 Å². The number of nitrogens with zero attached hydrogens (tertiary/aromatic N) is 2. The number of anilines is 1. The second kappa shape index (κ2) is 6.16. The van der Waals surface area contributed by atoms with Gasteiger partial charge in [0.25, 0.3) is 0 Å². The number of rotatable bonds is 2. The Kier molecular flexibility index (Phi) is 3.63. The van der Waals surface area contributed by atoms with Crippen LogP contribution >= 0.6 is 0 Å². The Balaban J connectivity index is 1.33. The van der Waals surface area contributed by atoms with Crippen LogP contribution in [0.5, 0.6) is 0 Å². The van der Waals surface area contributed by atoms with Gasteiger partial charge in [0.05, 0.1) is 17.8 Å². The first-order valence-corrected chi connectivity index (χ1v) is 9.05. The standard InChI is InChI=1S/C21H19N3O3/c22-20-17-11-24(10-9-19(17)23-27-20)21(25)26-12-18-15-7-3-1-5-13(15)14-6-2-4-8-16(14)18/h1-8,18H,9-12,22H2. The molecular formula is C21H19N3O3. The molecule has 0 unspecified atom stereocenters. The van der Waals surface area contributed by atoms with Gasteiger partial charge in [0.1, 0.15) is 6.61 Å². The molecule has 0 spiro atoms. The van der Waals surface area contributed by atoms with E-state index in [0.717, 1.165) is 11.3 Å². The van der Waals surface area contributed by atoms with Gasteiger partial charge >= 0.3 is 6.09 Å². The zero-order valence-electron chi connectivity index (χ0n) is 14.7. The number of nitrogen functional groups attached to an aromatic ring is 1. The minimum Gasteiger partial charge on any atom is -0.448 e. The highest BCUT2D eigenvalue weighted by atomic mass is 16.6. The molecule has 0 fully saturated rings. The van der Waals surface area contributed by atoms with E-state index in [1.807, 2.05) is 24.3 Å². The number of carbonyl (C=O) groups excluding carboxylic acids is 1. The van der Waals surface area contributed by atoms with E-state index in [2.05, 4.69) is 29.4 Å². The van der Waals surface area contributed by atoms with E-state index in [0.29, 0.717) is 26.1 Å². The Hall–Kier alpha value is -3.28. The molecule has 136 valence electrons. The number of nitrogens with two attached hydrogens (primary N) is 1. The summed E-state index contributed by atoms with van der Waals surface area (Å²) in [5.41, 5.74) is 12.3. The van der Waals surface area contributed by atoms with Gasteiger partial charge in [-0.1, -0.05) is 53.7 Å². The number of amides is 1. The van der Waals surface area contributed by atoms with Crippen LogP contribution in [-0.2, 0) is 17.7 Å². The normalized spacial score (nSPS) is 15.2. The maximum atomic E-state index is 12.6. The lowest BCUT2D eigenvalue weighted by Gasteiger charge is -2.26. The zero-order chi connectivity index (χ0) is 18.4. The summed E-state index contributed by atoms with van der Waals surface area (Å²) in [6.07, 6.45) is 0.295. The molecule has 5 rings (SSSR count). The number of hydrogen-bond donors (Lipinski definition) is 1. The van der Waals surface area contributed by atoms with Gasteiger partial charge in [-0.15, -0.1) is 0 Å². The van der Waals surface area contributed by atoms with E-state index in [4.69, 9.17) is 15.0 Å². The van der Waals surface area contributed by atoms with E-state index < -0.39 is 0 Å². The van der Waals surface area contributed by atoms with Crippen LogP contribution in [0.25, 0.3) is 11.1 Å². The van der Waals surface area contributed by atoms with Gasteiger partial charge in [-0.25, -0.2) is 4.79 Å². The van der Waals surface area contributed by atoms with Crippen LogP contribution in [0.15, 0.2) is 53.1 Å². The van der Waals surface area contributed by atoms with Gasteiger partial charge in [0, 0.05) is 18.9 Å². The highest BCUT2D eigenvalue weighted by Gasteiger charge is 2.31. The Bertz CT molecular complexity index is 982. The van der Waals surface area contributed by atoms with Crippen LogP contribution in [-0.4, -0.2) is 29.3 Å². The molecule has 2 N–H and O–H groups in total. The van der Waals surface area contributed by atoms with E-state index in [-0.39, 0.29) is 17.9 Å². The molecule has 0 saturated carbocycles. The molecule has 0 radical (unpaired) electrons. The summed E-state index contributed by atoms with van der Waals surface area (Å²) in [5.74, 6) is 0.337. The maximum Gasteiger partial charge on any atom is 0.410 e. The number of benzene rings is 2. The topological polar surface area (TPSA) is 81.6 Å². The average molecular weight is 361 g/mol. The molecule has 0 saturated heterocycles. The Morgan fingerprint density at radius 2 is 1.81 bits per heavy atom. The molecule has 1 aliphatic carbocycles. The van der Waals surface area contributed by atoms with Crippen molar-refractivity contribution in [3.05, 3.63) is 70.9 Å². The molecular weight excluding hydrogens is 342 g/mol. The van der Waals surface area contributed by atoms with Gasteiger partial charge < -0.3 is 19.9 Å². The molecule has 1 amide bonds. The van der Waals surface area contributed by atoms with Crippen LogP contribution < -0.4 is 5.73 Å². The summed E-state index contributed by atoms with van der Waals surface area (Å²) in [6, 6.07) is 16.6. The Morgan fingerprint density at radius 3 is 2.52 bits per heavy atom. The Labute approximate surface area is 156 Å². The molecule has 6 nitrogen and oxygen atoms in total. The molecule has 2 heterocycles. The number of fused-ring (bicyclic) bond motifs is 4. The first-order chi connectivity index (χ1) is 13.2. The van der Waals surface area contributed by atoms with Gasteiger partial charge in [-0.05, 0) is 22.3 Å². The van der Waals surface area contributed by atoms with Crippen molar-refractivity contribution in [1.82, 2.24) is 10.1 Å². The molecule has 2 aromatic carbocycles. The first-order valence-electron chi connectivity index (χ1n) is 9.05. The van der Waals surface area contributed by atoms with E-state index in [9.17, 15) is 4.79 Å². The SMILES string of the molecule is Nc1onc2c1CN(C(=O)OCC1c3ccccc3-c3ccccc31)CC2. The molecule has 1 aromatic heterocycles. The van der Waals surface area contributed by atoms with E-state index in [1.165, 1.54) is 22.3 Å². The minimum absolute atomic E-state index is 0.0577. The predicted octanol–water partition coefficient (Wildman–Crippen LogP) is 3.56. The predicted molar refractivity (Wildman–Crippen MR) is 100 cm³/mol. The number of ether oxygens (including phenoxy) is 1. The fourth-order valence-electron chi connectivity index (χ4n) is 4.07. The van der Waals surface area contributed by atoms with Crippen molar-refractivity contribution in [3.63, 3.8) is 0 Å². The quantitative estimate of drug-likeness (QED) is 0.755. The van der Waals surface area contributed by atoms with E-state index in [1.54, 1.807) is 4.90 Å². The van der Waals surface area contributed by atoms with E-state index >= 15 is 0 Å². The molecule has 6 heteroatoms. The molecule has 27 heavy (non-hydrogen) atoms. The average Bonchev–Trinajstić information content (AvgIpc) is 3.24. The number of aromatic nitrogens is 1. The zero-order valence-corrected chi connectivity index (χ0v) is 14.7. The highest BCUT2D eigenvalue weighted by Crippen LogP contribution is 2.44. The van der Waals surface area contributed by atoms with Crippen molar-refractivity contribution in [3.8, 4) is 11.1 Å². The third-order valence-corrected chi connectivity index (χ3v) is 5.46. The first kappa shape index (κ1) is 15.9. The summed E-state index contributed by atoms with van der Waals surface area (Å²) in [5, 5.41) is 3.93. The molecule has 1 aliphatic heterocycles. The fourth-order valence-corrected chi connectivity index (χ4v) is 4.07. The lowest BCUT2D eigenvalue weighted by molar-refractivity contribution is 0.0953. The van der Waals surface area contributed by atoms with Crippen molar-refractivity contribution in [2.24, 2.45) is 0 Å². The van der Waals surface area contributed by atoms with Crippen LogP contribution in [0, 0.1) is 0 Å². The Morgan fingerprint density at radius 1 is 1.15 bits per heavy atom. The third kappa shape index (κ3) is 2.56. The summed E-state index contributed by atoms with van der Waals surface area (Å²) in [4.78, 5) is 14.3. The smallest absolute Gasteiger partial charge is 0.410 e. The summed E-state index contributed by atoms with van der Waals surface area (Å²) >= 11 is 0. The van der Waals surface area contributed by atoms with Crippen LogP contribution in [0.1, 0.15) is 28.3 Å². The summed E-state index contributed by atoms with van der Waals surface area (Å²) in [7, 11) is 0. The molecule has 2 aliphatic rings. The number of carbonyl (C=O) groups is 1. The second-order valence-electron chi connectivity index (χ2n) is 6.95. The van der Waals surface area contributed by atoms with Crippen molar-refractivity contribution >= 4 is 12.0 Å². The highest BCUT2D eigenvalue weighted by molar-refractivity contribution is 5.79. The molecule has 0 atom stereocenters. The largest absolute Gasteiger partial charge is 0.448 e. The second-order valence-corrected chi connectivity index (χ2v) is 6.95. The van der Waals surface area contributed by atoms with Crippen molar-refractivity contribution in [1.29, 1.82) is 0 Å². The lowest BCUT2D eigenvalue weighted by Crippen LogP contribution is -2.37. The van der Waals surface area contributed by atoms with Crippen molar-refractivity contribution < 1.29 is 14.1 Å². The maximum absolute atomic E-state index is 12.6. The summed E-state index contributed by atoms with van der Waals surface area (Å²) in [6.45, 7) is 1.24. The summed E-state index contributed by atoms with van der Waals surface area (Å²) < 4.78 is 10.7. The monoisotopic (exact) mass is 361 g/mol. The van der Waals surface area contributed by atoms with Crippen molar-refractivity contribution in [2.45, 2.75) is 18.9 Å². The van der Waals surface area contributed by atoms with Crippen LogP contribution in [0.2, 0.25) is 0 Å².